The zero-order chi connectivity index (χ0) is 10.7. The Bertz CT molecular complexity index is 224. The highest BCUT2D eigenvalue weighted by atomic mass is 16.2. The van der Waals surface area contributed by atoms with Crippen molar-refractivity contribution >= 4 is 5.91 Å². The normalized spacial score (nSPS) is 31.9. The predicted octanol–water partition coefficient (Wildman–Crippen LogP) is 1.39. The predicted molar refractivity (Wildman–Crippen MR) is 60.6 cm³/mol. The summed E-state index contributed by atoms with van der Waals surface area (Å²) in [5.74, 6) is 0.966. The molecule has 0 aromatic carbocycles. The molecule has 0 spiro atoms. The number of piperidine rings is 1. The second kappa shape index (κ2) is 4.97. The van der Waals surface area contributed by atoms with Gasteiger partial charge in [0, 0.05) is 19.0 Å². The largest absolute Gasteiger partial charge is 0.340 e. The molecule has 2 unspecified atom stereocenters. The van der Waals surface area contributed by atoms with Crippen LogP contribution in [0.25, 0.3) is 0 Å². The van der Waals surface area contributed by atoms with Crippen LogP contribution in [0, 0.1) is 5.92 Å². The summed E-state index contributed by atoms with van der Waals surface area (Å²) in [6.07, 6.45) is 5.59. The van der Waals surface area contributed by atoms with Gasteiger partial charge in [-0.25, -0.2) is 0 Å². The van der Waals surface area contributed by atoms with Crippen molar-refractivity contribution in [1.29, 1.82) is 0 Å². The molecular weight excluding hydrogens is 188 g/mol. The van der Waals surface area contributed by atoms with Gasteiger partial charge in [-0.15, -0.1) is 0 Å². The highest BCUT2D eigenvalue weighted by Gasteiger charge is 2.27. The number of likely N-dealkylation sites (tertiary alicyclic amines) is 1. The number of hydrogen-bond acceptors (Lipinski definition) is 2. The number of rotatable bonds is 2. The van der Waals surface area contributed by atoms with Crippen molar-refractivity contribution in [3.05, 3.63) is 0 Å². The standard InChI is InChI=1S/C12H22N2O/c1-10-4-3-7-14(10)12(15)8-11-5-2-6-13-9-11/h10-11,13H,2-9H2,1H3. The lowest BCUT2D eigenvalue weighted by Crippen LogP contribution is -2.38. The lowest BCUT2D eigenvalue weighted by atomic mass is 9.95. The van der Waals surface area contributed by atoms with Crippen molar-refractivity contribution in [2.24, 2.45) is 5.92 Å². The fourth-order valence-electron chi connectivity index (χ4n) is 2.77. The highest BCUT2D eigenvalue weighted by Crippen LogP contribution is 2.21. The SMILES string of the molecule is CC1CCCN1C(=O)CC1CCCNC1. The number of amides is 1. The first-order chi connectivity index (χ1) is 7.27. The Morgan fingerprint density at radius 2 is 2.27 bits per heavy atom. The van der Waals surface area contributed by atoms with E-state index in [1.807, 2.05) is 0 Å². The molecule has 0 aliphatic carbocycles. The topological polar surface area (TPSA) is 32.3 Å². The van der Waals surface area contributed by atoms with E-state index >= 15 is 0 Å². The Kier molecular flexibility index (Phi) is 3.62. The summed E-state index contributed by atoms with van der Waals surface area (Å²) in [6, 6.07) is 0.481. The van der Waals surface area contributed by atoms with E-state index in [-0.39, 0.29) is 0 Å². The first kappa shape index (κ1) is 10.9. The van der Waals surface area contributed by atoms with Gasteiger partial charge in [-0.3, -0.25) is 4.79 Å². The van der Waals surface area contributed by atoms with Crippen molar-refractivity contribution in [2.75, 3.05) is 19.6 Å². The average molecular weight is 210 g/mol. The van der Waals surface area contributed by atoms with E-state index in [2.05, 4.69) is 17.1 Å². The lowest BCUT2D eigenvalue weighted by molar-refractivity contribution is -0.132. The molecule has 2 atom stereocenters. The first-order valence-corrected chi connectivity index (χ1v) is 6.27. The Morgan fingerprint density at radius 3 is 2.87 bits per heavy atom. The number of carbonyl (C=O) groups is 1. The third kappa shape index (κ3) is 2.71. The van der Waals surface area contributed by atoms with E-state index in [1.54, 1.807) is 0 Å². The average Bonchev–Trinajstić information content (AvgIpc) is 2.66. The lowest BCUT2D eigenvalue weighted by Gasteiger charge is -2.27. The molecule has 86 valence electrons. The maximum absolute atomic E-state index is 12.0. The quantitative estimate of drug-likeness (QED) is 0.747. The Labute approximate surface area is 92.2 Å². The third-order valence-corrected chi connectivity index (χ3v) is 3.74. The summed E-state index contributed by atoms with van der Waals surface area (Å²) in [6.45, 7) is 5.32. The second-order valence-corrected chi connectivity index (χ2v) is 4.99. The molecule has 2 aliphatic heterocycles. The van der Waals surface area contributed by atoms with E-state index in [9.17, 15) is 4.79 Å². The summed E-state index contributed by atoms with van der Waals surface area (Å²) in [7, 11) is 0. The van der Waals surface area contributed by atoms with E-state index in [0.29, 0.717) is 17.9 Å². The summed E-state index contributed by atoms with van der Waals surface area (Å²) in [5.41, 5.74) is 0. The molecule has 2 heterocycles. The minimum atomic E-state index is 0.383. The van der Waals surface area contributed by atoms with Crippen LogP contribution in [-0.4, -0.2) is 36.5 Å². The van der Waals surface area contributed by atoms with Crippen LogP contribution < -0.4 is 5.32 Å². The maximum atomic E-state index is 12.0. The molecule has 2 aliphatic rings. The monoisotopic (exact) mass is 210 g/mol. The fraction of sp³-hybridized carbons (Fsp3) is 0.917. The van der Waals surface area contributed by atoms with Crippen molar-refractivity contribution in [2.45, 2.75) is 45.1 Å². The van der Waals surface area contributed by atoms with Crippen molar-refractivity contribution in [3.8, 4) is 0 Å². The number of nitrogens with zero attached hydrogens (tertiary/aromatic N) is 1. The molecule has 2 saturated heterocycles. The molecule has 0 aromatic heterocycles. The summed E-state index contributed by atoms with van der Waals surface area (Å²) in [5, 5.41) is 3.37. The van der Waals surface area contributed by atoms with Crippen molar-refractivity contribution in [1.82, 2.24) is 10.2 Å². The molecule has 2 rings (SSSR count). The fourth-order valence-corrected chi connectivity index (χ4v) is 2.77. The number of carbonyl (C=O) groups excluding carboxylic acids is 1. The molecule has 15 heavy (non-hydrogen) atoms. The Hall–Kier alpha value is -0.570. The molecular formula is C12H22N2O. The van der Waals surface area contributed by atoms with Crippen molar-refractivity contribution in [3.63, 3.8) is 0 Å². The molecule has 3 heteroatoms. The molecule has 0 aromatic rings. The Morgan fingerprint density at radius 1 is 1.40 bits per heavy atom. The van der Waals surface area contributed by atoms with Crippen LogP contribution in [0.1, 0.15) is 39.0 Å². The summed E-state index contributed by atoms with van der Waals surface area (Å²) in [4.78, 5) is 14.1. The molecule has 2 fully saturated rings. The van der Waals surface area contributed by atoms with Crippen LogP contribution >= 0.6 is 0 Å². The van der Waals surface area contributed by atoms with Gasteiger partial charge in [0.05, 0.1) is 0 Å². The second-order valence-electron chi connectivity index (χ2n) is 4.99. The van der Waals surface area contributed by atoms with Crippen LogP contribution in [-0.2, 0) is 4.79 Å². The molecule has 1 amide bonds. The van der Waals surface area contributed by atoms with E-state index in [4.69, 9.17) is 0 Å². The molecule has 0 radical (unpaired) electrons. The third-order valence-electron chi connectivity index (χ3n) is 3.74. The highest BCUT2D eigenvalue weighted by molar-refractivity contribution is 5.77. The number of nitrogens with one attached hydrogen (secondary N) is 1. The maximum Gasteiger partial charge on any atom is 0.223 e. The van der Waals surface area contributed by atoms with E-state index < -0.39 is 0 Å². The molecule has 1 N–H and O–H groups in total. The molecule has 3 nitrogen and oxygen atoms in total. The van der Waals surface area contributed by atoms with Crippen LogP contribution in [0.15, 0.2) is 0 Å². The van der Waals surface area contributed by atoms with Gasteiger partial charge in [0.25, 0.3) is 0 Å². The Balaban J connectivity index is 1.80. The van der Waals surface area contributed by atoms with E-state index in [1.165, 1.54) is 25.7 Å². The van der Waals surface area contributed by atoms with Gasteiger partial charge in [0.2, 0.25) is 5.91 Å². The minimum absolute atomic E-state index is 0.383. The van der Waals surface area contributed by atoms with Crippen LogP contribution in [0.5, 0.6) is 0 Å². The van der Waals surface area contributed by atoms with Gasteiger partial charge < -0.3 is 10.2 Å². The zero-order valence-electron chi connectivity index (χ0n) is 9.67. The summed E-state index contributed by atoms with van der Waals surface area (Å²) >= 11 is 0. The van der Waals surface area contributed by atoms with Gasteiger partial charge >= 0.3 is 0 Å². The molecule has 0 saturated carbocycles. The zero-order valence-corrected chi connectivity index (χ0v) is 9.67. The number of hydrogen-bond donors (Lipinski definition) is 1. The smallest absolute Gasteiger partial charge is 0.223 e. The van der Waals surface area contributed by atoms with E-state index in [0.717, 1.165) is 26.1 Å². The van der Waals surface area contributed by atoms with Gasteiger partial charge in [-0.05, 0) is 51.6 Å². The van der Waals surface area contributed by atoms with Gasteiger partial charge in [-0.1, -0.05) is 0 Å². The minimum Gasteiger partial charge on any atom is -0.340 e. The van der Waals surface area contributed by atoms with Crippen molar-refractivity contribution < 1.29 is 4.79 Å². The van der Waals surface area contributed by atoms with Gasteiger partial charge in [-0.2, -0.15) is 0 Å². The summed E-state index contributed by atoms with van der Waals surface area (Å²) < 4.78 is 0. The molecule has 0 bridgehead atoms. The van der Waals surface area contributed by atoms with Gasteiger partial charge in [0.15, 0.2) is 0 Å². The first-order valence-electron chi connectivity index (χ1n) is 6.27. The van der Waals surface area contributed by atoms with Gasteiger partial charge in [0.1, 0.15) is 0 Å². The van der Waals surface area contributed by atoms with Crippen LogP contribution in [0.3, 0.4) is 0 Å². The van der Waals surface area contributed by atoms with Crippen LogP contribution in [0.2, 0.25) is 0 Å². The van der Waals surface area contributed by atoms with Crippen LogP contribution in [0.4, 0.5) is 0 Å².